The Kier molecular flexibility index (Phi) is 3.03. The Morgan fingerprint density at radius 2 is 2.21 bits per heavy atom. The molecule has 1 aromatic heterocycles. The van der Waals surface area contributed by atoms with Crippen molar-refractivity contribution in [2.75, 3.05) is 25.0 Å². The highest BCUT2D eigenvalue weighted by Crippen LogP contribution is 2.20. The number of anilines is 1. The number of nitrogens with zero attached hydrogens (tertiary/aromatic N) is 2. The molecule has 0 radical (unpaired) electrons. The van der Waals surface area contributed by atoms with E-state index in [1.54, 1.807) is 0 Å². The predicted molar refractivity (Wildman–Crippen MR) is 55.3 cm³/mol. The van der Waals surface area contributed by atoms with Gasteiger partial charge in [-0.2, -0.15) is 0 Å². The minimum atomic E-state index is 0.775. The van der Waals surface area contributed by atoms with Gasteiger partial charge in [0.2, 0.25) is 5.88 Å². The van der Waals surface area contributed by atoms with Crippen LogP contribution in [-0.4, -0.2) is 25.3 Å². The normalized spacial score (nSPS) is 17.4. The van der Waals surface area contributed by atoms with Gasteiger partial charge in [0.15, 0.2) is 0 Å². The van der Waals surface area contributed by atoms with Crippen molar-refractivity contribution in [3.05, 3.63) is 11.8 Å². The van der Waals surface area contributed by atoms with Crippen molar-refractivity contribution in [1.29, 1.82) is 0 Å². The van der Waals surface area contributed by atoms with Gasteiger partial charge in [-0.25, -0.2) is 0 Å². The van der Waals surface area contributed by atoms with E-state index in [2.05, 4.69) is 15.4 Å². The number of nitrogens with one attached hydrogen (secondary N) is 1. The van der Waals surface area contributed by atoms with E-state index in [1.807, 2.05) is 13.1 Å². The van der Waals surface area contributed by atoms with Gasteiger partial charge in [0.1, 0.15) is 0 Å². The fourth-order valence-corrected chi connectivity index (χ4v) is 1.83. The van der Waals surface area contributed by atoms with Gasteiger partial charge in [-0.3, -0.25) is 0 Å². The molecule has 14 heavy (non-hydrogen) atoms. The van der Waals surface area contributed by atoms with Crippen LogP contribution in [0.5, 0.6) is 0 Å². The Morgan fingerprint density at radius 3 is 2.93 bits per heavy atom. The number of rotatable bonds is 3. The first-order valence-electron chi connectivity index (χ1n) is 5.25. The summed E-state index contributed by atoms with van der Waals surface area (Å²) >= 11 is 0. The molecule has 78 valence electrons. The summed E-state index contributed by atoms with van der Waals surface area (Å²) in [5.74, 6) is 0.926. The van der Waals surface area contributed by atoms with Crippen molar-refractivity contribution in [2.24, 2.45) is 0 Å². The molecular formula is C10H17N3O. The summed E-state index contributed by atoms with van der Waals surface area (Å²) in [6.07, 6.45) is 3.87. The zero-order valence-corrected chi connectivity index (χ0v) is 8.62. The fourth-order valence-electron chi connectivity index (χ4n) is 1.83. The number of piperidine rings is 1. The molecule has 0 aliphatic carbocycles. The molecule has 0 aromatic carbocycles. The summed E-state index contributed by atoms with van der Waals surface area (Å²) < 4.78 is 5.29. The van der Waals surface area contributed by atoms with Gasteiger partial charge < -0.3 is 14.7 Å². The summed E-state index contributed by atoms with van der Waals surface area (Å²) in [5.41, 5.74) is 0.980. The fraction of sp³-hybridized carbons (Fsp3) is 0.700. The lowest BCUT2D eigenvalue weighted by atomic mass is 10.1. The average molecular weight is 195 g/mol. The van der Waals surface area contributed by atoms with Gasteiger partial charge in [0.05, 0.1) is 5.69 Å². The second kappa shape index (κ2) is 4.46. The van der Waals surface area contributed by atoms with Gasteiger partial charge in [0.25, 0.3) is 0 Å². The molecule has 1 aromatic rings. The van der Waals surface area contributed by atoms with E-state index in [1.165, 1.54) is 19.3 Å². The minimum Gasteiger partial charge on any atom is -0.341 e. The maximum Gasteiger partial charge on any atom is 0.227 e. The van der Waals surface area contributed by atoms with Crippen LogP contribution in [-0.2, 0) is 6.54 Å². The number of aromatic nitrogens is 1. The van der Waals surface area contributed by atoms with E-state index < -0.39 is 0 Å². The van der Waals surface area contributed by atoms with Crippen molar-refractivity contribution >= 4 is 5.88 Å². The van der Waals surface area contributed by atoms with Gasteiger partial charge in [0, 0.05) is 25.7 Å². The molecule has 2 rings (SSSR count). The van der Waals surface area contributed by atoms with E-state index in [0.717, 1.165) is 31.2 Å². The molecule has 4 heteroatoms. The Balaban J connectivity index is 2.00. The van der Waals surface area contributed by atoms with Crippen LogP contribution in [0.1, 0.15) is 25.0 Å². The molecule has 1 aliphatic rings. The van der Waals surface area contributed by atoms with Gasteiger partial charge in [-0.1, -0.05) is 5.16 Å². The number of hydrogen-bond acceptors (Lipinski definition) is 4. The van der Waals surface area contributed by atoms with E-state index >= 15 is 0 Å². The zero-order valence-electron chi connectivity index (χ0n) is 8.62. The lowest BCUT2D eigenvalue weighted by molar-refractivity contribution is 0.397. The molecule has 1 N–H and O–H groups in total. The van der Waals surface area contributed by atoms with Crippen molar-refractivity contribution in [3.8, 4) is 0 Å². The average Bonchev–Trinajstić information content (AvgIpc) is 2.68. The highest BCUT2D eigenvalue weighted by Gasteiger charge is 2.14. The van der Waals surface area contributed by atoms with E-state index in [9.17, 15) is 0 Å². The molecule has 4 nitrogen and oxygen atoms in total. The van der Waals surface area contributed by atoms with Crippen LogP contribution in [0.25, 0.3) is 0 Å². The first-order valence-corrected chi connectivity index (χ1v) is 5.25. The summed E-state index contributed by atoms with van der Waals surface area (Å²) in [5, 5.41) is 7.06. The second-order valence-electron chi connectivity index (χ2n) is 3.73. The molecule has 0 saturated carbocycles. The molecule has 0 amide bonds. The standard InChI is InChI=1S/C10H17N3O/c1-11-8-9-7-10(14-12-9)13-5-3-2-4-6-13/h7,11H,2-6,8H2,1H3. The maximum atomic E-state index is 5.29. The van der Waals surface area contributed by atoms with E-state index in [0.29, 0.717) is 0 Å². The quantitative estimate of drug-likeness (QED) is 0.791. The smallest absolute Gasteiger partial charge is 0.227 e. The molecule has 2 heterocycles. The Labute approximate surface area is 84.3 Å². The van der Waals surface area contributed by atoms with Gasteiger partial charge in [-0.15, -0.1) is 0 Å². The molecule has 0 spiro atoms. The lowest BCUT2D eigenvalue weighted by Crippen LogP contribution is -2.28. The first kappa shape index (κ1) is 9.52. The minimum absolute atomic E-state index is 0.775. The summed E-state index contributed by atoms with van der Waals surface area (Å²) in [6, 6.07) is 2.03. The SMILES string of the molecule is CNCc1cc(N2CCCCC2)on1. The molecule has 0 bridgehead atoms. The van der Waals surface area contributed by atoms with Crippen molar-refractivity contribution in [3.63, 3.8) is 0 Å². The monoisotopic (exact) mass is 195 g/mol. The maximum absolute atomic E-state index is 5.29. The van der Waals surface area contributed by atoms with Crippen molar-refractivity contribution in [1.82, 2.24) is 10.5 Å². The second-order valence-corrected chi connectivity index (χ2v) is 3.73. The zero-order chi connectivity index (χ0) is 9.80. The van der Waals surface area contributed by atoms with E-state index in [-0.39, 0.29) is 0 Å². The van der Waals surface area contributed by atoms with E-state index in [4.69, 9.17) is 4.52 Å². The third-order valence-electron chi connectivity index (χ3n) is 2.57. The van der Waals surface area contributed by atoms with Crippen LogP contribution in [0, 0.1) is 0 Å². The van der Waals surface area contributed by atoms with Crippen LogP contribution in [0.15, 0.2) is 10.6 Å². The van der Waals surface area contributed by atoms with Crippen LogP contribution in [0.4, 0.5) is 5.88 Å². The topological polar surface area (TPSA) is 41.3 Å². The van der Waals surface area contributed by atoms with Crippen molar-refractivity contribution in [2.45, 2.75) is 25.8 Å². The number of hydrogen-bond donors (Lipinski definition) is 1. The summed E-state index contributed by atoms with van der Waals surface area (Å²) in [7, 11) is 1.91. The summed E-state index contributed by atoms with van der Waals surface area (Å²) in [4.78, 5) is 2.27. The lowest BCUT2D eigenvalue weighted by Gasteiger charge is -2.25. The van der Waals surface area contributed by atoms with Gasteiger partial charge >= 0.3 is 0 Å². The Hall–Kier alpha value is -1.03. The highest BCUT2D eigenvalue weighted by molar-refractivity contribution is 5.36. The third-order valence-corrected chi connectivity index (χ3v) is 2.57. The molecule has 0 unspecified atom stereocenters. The molecule has 1 aliphatic heterocycles. The summed E-state index contributed by atoms with van der Waals surface area (Å²) in [6.45, 7) is 2.99. The highest BCUT2D eigenvalue weighted by atomic mass is 16.5. The first-order chi connectivity index (χ1) is 6.90. The van der Waals surface area contributed by atoms with Crippen LogP contribution in [0.3, 0.4) is 0 Å². The Morgan fingerprint density at radius 1 is 1.43 bits per heavy atom. The third kappa shape index (κ3) is 2.07. The van der Waals surface area contributed by atoms with Crippen LogP contribution in [0.2, 0.25) is 0 Å². The Bertz CT molecular complexity index is 279. The van der Waals surface area contributed by atoms with Crippen LogP contribution >= 0.6 is 0 Å². The predicted octanol–water partition coefficient (Wildman–Crippen LogP) is 1.38. The van der Waals surface area contributed by atoms with Crippen LogP contribution < -0.4 is 10.2 Å². The molecule has 0 atom stereocenters. The van der Waals surface area contributed by atoms with Crippen molar-refractivity contribution < 1.29 is 4.52 Å². The molecule has 1 saturated heterocycles. The largest absolute Gasteiger partial charge is 0.341 e. The molecule has 1 fully saturated rings. The van der Waals surface area contributed by atoms with Gasteiger partial charge in [-0.05, 0) is 26.3 Å². The molecular weight excluding hydrogens is 178 g/mol.